The molecule has 1 N–H and O–H groups in total. The lowest BCUT2D eigenvalue weighted by atomic mass is 9.97. The van der Waals surface area contributed by atoms with Crippen molar-refractivity contribution in [1.82, 2.24) is 15.1 Å². The van der Waals surface area contributed by atoms with Crippen LogP contribution in [0.5, 0.6) is 0 Å². The Balaban J connectivity index is 1.32. The van der Waals surface area contributed by atoms with Crippen LogP contribution < -0.4 is 5.32 Å². The van der Waals surface area contributed by atoms with Crippen LogP contribution in [0, 0.1) is 11.8 Å². The zero-order chi connectivity index (χ0) is 16.5. The Morgan fingerprint density at radius 3 is 2.83 bits per heavy atom. The van der Waals surface area contributed by atoms with Crippen molar-refractivity contribution in [3.8, 4) is 0 Å². The molecule has 2 saturated carbocycles. The largest absolute Gasteiger partial charge is 0.455 e. The number of nitrogens with zero attached hydrogens (tertiary/aromatic N) is 2. The number of likely N-dealkylation sites (N-methyl/N-ethyl adjacent to an activating group) is 1. The quantitative estimate of drug-likeness (QED) is 0.920. The van der Waals surface area contributed by atoms with Crippen molar-refractivity contribution >= 4 is 5.91 Å². The molecule has 0 unspecified atom stereocenters. The lowest BCUT2D eigenvalue weighted by Gasteiger charge is -2.31. The van der Waals surface area contributed by atoms with Crippen molar-refractivity contribution in [3.63, 3.8) is 0 Å². The average Bonchev–Trinajstić information content (AvgIpc) is 3.28. The predicted octanol–water partition coefficient (Wildman–Crippen LogP) is 2.34. The second-order valence-corrected chi connectivity index (χ2v) is 7.86. The Morgan fingerprint density at radius 2 is 2.00 bits per heavy atom. The van der Waals surface area contributed by atoms with Gasteiger partial charge >= 0.3 is 0 Å². The molecule has 5 nitrogen and oxygen atoms in total. The smallest absolute Gasteiger partial charge is 0.287 e. The second-order valence-electron chi connectivity index (χ2n) is 7.86. The van der Waals surface area contributed by atoms with Gasteiger partial charge in [0.15, 0.2) is 5.76 Å². The fourth-order valence-electron chi connectivity index (χ4n) is 4.79. The highest BCUT2D eigenvalue weighted by atomic mass is 16.4. The number of piperazine rings is 1. The van der Waals surface area contributed by atoms with E-state index in [1.807, 2.05) is 12.1 Å². The summed E-state index contributed by atoms with van der Waals surface area (Å²) in [5.41, 5.74) is 0. The van der Waals surface area contributed by atoms with Gasteiger partial charge in [0.05, 0.1) is 6.54 Å². The molecule has 1 aromatic rings. The van der Waals surface area contributed by atoms with Gasteiger partial charge in [-0.25, -0.2) is 0 Å². The number of hydrogen-bond acceptors (Lipinski definition) is 4. The lowest BCUT2D eigenvalue weighted by Crippen LogP contribution is -2.43. The highest BCUT2D eigenvalue weighted by Gasteiger charge is 2.39. The van der Waals surface area contributed by atoms with Gasteiger partial charge in [-0.2, -0.15) is 0 Å². The van der Waals surface area contributed by atoms with Crippen molar-refractivity contribution in [1.29, 1.82) is 0 Å². The Hall–Kier alpha value is -1.33. The molecule has 1 amide bonds. The third kappa shape index (κ3) is 3.38. The highest BCUT2D eigenvalue weighted by Crippen LogP contribution is 2.44. The molecule has 1 aliphatic heterocycles. The minimum atomic E-state index is -0.0304. The van der Waals surface area contributed by atoms with Crippen LogP contribution in [0.1, 0.15) is 48.4 Å². The van der Waals surface area contributed by atoms with Crippen LogP contribution >= 0.6 is 0 Å². The SMILES string of the molecule is CN1CCN(Cc2ccc(C(=O)N[C@@H]3CC[C@H]4CCC[C@H]43)o2)CC1. The summed E-state index contributed by atoms with van der Waals surface area (Å²) in [7, 11) is 2.16. The fourth-order valence-corrected chi connectivity index (χ4v) is 4.79. The zero-order valence-corrected chi connectivity index (χ0v) is 14.7. The number of fused-ring (bicyclic) bond motifs is 1. The maximum atomic E-state index is 12.5. The lowest BCUT2D eigenvalue weighted by molar-refractivity contribution is 0.0891. The minimum Gasteiger partial charge on any atom is -0.455 e. The topological polar surface area (TPSA) is 48.7 Å². The van der Waals surface area contributed by atoms with Crippen LogP contribution in [0.2, 0.25) is 0 Å². The number of nitrogens with one attached hydrogen (secondary N) is 1. The molecule has 1 aromatic heterocycles. The van der Waals surface area contributed by atoms with E-state index >= 15 is 0 Å². The number of rotatable bonds is 4. The maximum Gasteiger partial charge on any atom is 0.287 e. The van der Waals surface area contributed by atoms with E-state index in [1.165, 1.54) is 25.7 Å². The van der Waals surface area contributed by atoms with E-state index < -0.39 is 0 Å². The van der Waals surface area contributed by atoms with E-state index in [4.69, 9.17) is 4.42 Å². The number of hydrogen-bond donors (Lipinski definition) is 1. The summed E-state index contributed by atoms with van der Waals surface area (Å²) in [6, 6.07) is 4.15. The molecule has 0 aromatic carbocycles. The van der Waals surface area contributed by atoms with Gasteiger partial charge in [0.2, 0.25) is 0 Å². The Kier molecular flexibility index (Phi) is 4.63. The summed E-state index contributed by atoms with van der Waals surface area (Å²) in [6.07, 6.45) is 6.38. The van der Waals surface area contributed by atoms with E-state index in [0.717, 1.165) is 50.8 Å². The fraction of sp³-hybridized carbons (Fsp3) is 0.737. The van der Waals surface area contributed by atoms with E-state index in [2.05, 4.69) is 22.2 Å². The maximum absolute atomic E-state index is 12.5. The van der Waals surface area contributed by atoms with E-state index in [0.29, 0.717) is 17.7 Å². The van der Waals surface area contributed by atoms with Gasteiger partial charge in [-0.05, 0) is 50.3 Å². The first-order valence-electron chi connectivity index (χ1n) is 9.49. The summed E-state index contributed by atoms with van der Waals surface area (Å²) in [4.78, 5) is 17.2. The molecule has 3 aliphatic rings. The van der Waals surface area contributed by atoms with Crippen molar-refractivity contribution in [2.24, 2.45) is 11.8 Å². The molecule has 1 saturated heterocycles. The van der Waals surface area contributed by atoms with Gasteiger partial charge in [-0.15, -0.1) is 0 Å². The highest BCUT2D eigenvalue weighted by molar-refractivity contribution is 5.91. The van der Waals surface area contributed by atoms with Gasteiger partial charge in [0.25, 0.3) is 5.91 Å². The summed E-state index contributed by atoms with van der Waals surface area (Å²) in [6.45, 7) is 5.11. The Bertz CT molecular complexity index is 577. The van der Waals surface area contributed by atoms with Crippen LogP contribution in [-0.4, -0.2) is 55.0 Å². The number of carbonyl (C=O) groups excluding carboxylic acids is 1. The van der Waals surface area contributed by atoms with Gasteiger partial charge in [0, 0.05) is 32.2 Å². The van der Waals surface area contributed by atoms with Crippen molar-refractivity contribution in [3.05, 3.63) is 23.7 Å². The third-order valence-electron chi connectivity index (χ3n) is 6.26. The van der Waals surface area contributed by atoms with E-state index in [9.17, 15) is 4.79 Å². The van der Waals surface area contributed by atoms with E-state index in [1.54, 1.807) is 0 Å². The normalized spacial score (nSPS) is 31.3. The standard InChI is InChI=1S/C19H29N3O2/c1-21-9-11-22(12-10-21)13-15-6-8-18(24-15)19(23)20-17-7-5-14-3-2-4-16(14)17/h6,8,14,16-17H,2-5,7,9-13H2,1H3,(H,20,23)/t14-,16-,17-/m1/s1. The number of carbonyl (C=O) groups is 1. The molecule has 2 aliphatic carbocycles. The van der Waals surface area contributed by atoms with Gasteiger partial charge < -0.3 is 14.6 Å². The van der Waals surface area contributed by atoms with Crippen molar-refractivity contribution in [2.75, 3.05) is 33.2 Å². The van der Waals surface area contributed by atoms with E-state index in [-0.39, 0.29) is 5.91 Å². The van der Waals surface area contributed by atoms with Crippen molar-refractivity contribution < 1.29 is 9.21 Å². The number of amides is 1. The third-order valence-corrected chi connectivity index (χ3v) is 6.26. The van der Waals surface area contributed by atoms with Crippen LogP contribution in [-0.2, 0) is 6.54 Å². The molecule has 24 heavy (non-hydrogen) atoms. The molecule has 132 valence electrons. The summed E-state index contributed by atoms with van der Waals surface area (Å²) >= 11 is 0. The van der Waals surface area contributed by atoms with Crippen LogP contribution in [0.25, 0.3) is 0 Å². The number of furan rings is 1. The summed E-state index contributed by atoms with van der Waals surface area (Å²) < 4.78 is 5.83. The molecule has 4 rings (SSSR count). The molecule has 2 heterocycles. The molecule has 3 atom stereocenters. The van der Waals surface area contributed by atoms with Crippen LogP contribution in [0.4, 0.5) is 0 Å². The Morgan fingerprint density at radius 1 is 1.17 bits per heavy atom. The predicted molar refractivity (Wildman–Crippen MR) is 92.8 cm³/mol. The summed E-state index contributed by atoms with van der Waals surface area (Å²) in [5, 5.41) is 3.24. The van der Waals surface area contributed by atoms with Gasteiger partial charge in [-0.1, -0.05) is 12.8 Å². The molecule has 3 fully saturated rings. The molecule has 0 spiro atoms. The van der Waals surface area contributed by atoms with Crippen LogP contribution in [0.3, 0.4) is 0 Å². The molecular weight excluding hydrogens is 302 g/mol. The first-order chi connectivity index (χ1) is 11.7. The zero-order valence-electron chi connectivity index (χ0n) is 14.7. The monoisotopic (exact) mass is 331 g/mol. The second kappa shape index (κ2) is 6.89. The first-order valence-corrected chi connectivity index (χ1v) is 9.49. The molecule has 0 bridgehead atoms. The Labute approximate surface area is 144 Å². The summed E-state index contributed by atoms with van der Waals surface area (Å²) in [5.74, 6) is 2.89. The molecular formula is C19H29N3O2. The van der Waals surface area contributed by atoms with Gasteiger partial charge in [-0.3, -0.25) is 9.69 Å². The van der Waals surface area contributed by atoms with Gasteiger partial charge in [0.1, 0.15) is 5.76 Å². The van der Waals surface area contributed by atoms with Crippen LogP contribution in [0.15, 0.2) is 16.5 Å². The molecule has 5 heteroatoms. The molecule has 0 radical (unpaired) electrons. The van der Waals surface area contributed by atoms with Crippen molar-refractivity contribution in [2.45, 2.75) is 44.7 Å². The first kappa shape index (κ1) is 16.2. The average molecular weight is 331 g/mol. The minimum absolute atomic E-state index is 0.0304.